The first-order valence-electron chi connectivity index (χ1n) is 8.17. The van der Waals surface area contributed by atoms with Gasteiger partial charge in [-0.15, -0.1) is 0 Å². The van der Waals surface area contributed by atoms with Gasteiger partial charge in [-0.2, -0.15) is 0 Å². The number of carbonyl (C=O) groups excluding carboxylic acids is 3. The number of Topliss-reactive ketones (excluding diaryl/α,β-unsaturated/α-hetero) is 1. The fraction of sp³-hybridized carbons (Fsp3) is 0.0952. The van der Waals surface area contributed by atoms with E-state index >= 15 is 0 Å². The van der Waals surface area contributed by atoms with Crippen LogP contribution in [0.2, 0.25) is 0 Å². The highest BCUT2D eigenvalue weighted by molar-refractivity contribution is 6.30. The molecule has 0 saturated heterocycles. The van der Waals surface area contributed by atoms with Crippen LogP contribution in [0.15, 0.2) is 42.5 Å². The number of rotatable bonds is 3. The number of fused-ring (bicyclic) bond motifs is 3. The van der Waals surface area contributed by atoms with E-state index in [2.05, 4.69) is 0 Å². The van der Waals surface area contributed by atoms with Crippen LogP contribution in [-0.2, 0) is 0 Å². The highest BCUT2D eigenvalue weighted by atomic mass is 16.5. The molecule has 6 heteroatoms. The smallest absolute Gasteiger partial charge is 0.198 e. The second-order valence-electron chi connectivity index (χ2n) is 6.24. The number of phenolic OH excluding ortho intramolecular Hbond substituents is 1. The van der Waals surface area contributed by atoms with Gasteiger partial charge in [0.15, 0.2) is 28.8 Å². The van der Waals surface area contributed by atoms with Crippen LogP contribution in [0.5, 0.6) is 11.5 Å². The number of hydrogen-bond donors (Lipinski definition) is 2. The topological polar surface area (TPSA) is 101 Å². The molecule has 0 aliphatic heterocycles. The van der Waals surface area contributed by atoms with Crippen LogP contribution < -0.4 is 4.74 Å². The molecule has 3 aromatic carbocycles. The summed E-state index contributed by atoms with van der Waals surface area (Å²) in [7, 11) is 1.32. The zero-order valence-corrected chi connectivity index (χ0v) is 14.3. The van der Waals surface area contributed by atoms with Gasteiger partial charge in [-0.05, 0) is 41.1 Å². The standard InChI is InChI=1S/C21H14O6/c1-27-21-16(23)5-4-13-18(21)20(26)15-7-10-2-3-11(17(24)9-22)6-12(10)8-14(15)19(13)25/h2-8,22-23H,9H2,1H3. The van der Waals surface area contributed by atoms with Gasteiger partial charge in [-0.25, -0.2) is 0 Å². The Bertz CT molecular complexity index is 1160. The minimum Gasteiger partial charge on any atom is -0.504 e. The molecule has 134 valence electrons. The van der Waals surface area contributed by atoms with Gasteiger partial charge in [0.25, 0.3) is 0 Å². The Hall–Kier alpha value is -3.51. The van der Waals surface area contributed by atoms with Gasteiger partial charge >= 0.3 is 0 Å². The SMILES string of the molecule is COc1c(O)ccc2c1C(=O)c1cc3ccc(C(=O)CO)cc3cc1C2=O. The van der Waals surface area contributed by atoms with Crippen molar-refractivity contribution in [1.29, 1.82) is 0 Å². The van der Waals surface area contributed by atoms with Crippen molar-refractivity contribution in [1.82, 2.24) is 0 Å². The molecular formula is C21H14O6. The number of benzene rings is 3. The third kappa shape index (κ3) is 2.42. The summed E-state index contributed by atoms with van der Waals surface area (Å²) in [4.78, 5) is 37.7. The summed E-state index contributed by atoms with van der Waals surface area (Å²) in [6, 6.07) is 10.7. The van der Waals surface area contributed by atoms with E-state index in [9.17, 15) is 19.5 Å². The average Bonchev–Trinajstić information content (AvgIpc) is 2.69. The van der Waals surface area contributed by atoms with Gasteiger partial charge < -0.3 is 14.9 Å². The van der Waals surface area contributed by atoms with Gasteiger partial charge in [-0.1, -0.05) is 12.1 Å². The normalized spacial score (nSPS) is 12.7. The first-order chi connectivity index (χ1) is 13.0. The van der Waals surface area contributed by atoms with Gasteiger partial charge in [-0.3, -0.25) is 14.4 Å². The Morgan fingerprint density at radius 3 is 2.33 bits per heavy atom. The number of phenols is 1. The maximum Gasteiger partial charge on any atom is 0.198 e. The van der Waals surface area contributed by atoms with Crippen molar-refractivity contribution in [3.63, 3.8) is 0 Å². The predicted molar refractivity (Wildman–Crippen MR) is 96.9 cm³/mol. The van der Waals surface area contributed by atoms with E-state index in [4.69, 9.17) is 9.84 Å². The molecule has 0 heterocycles. The predicted octanol–water partition coefficient (Wildman–Crippen LogP) is 2.50. The van der Waals surface area contributed by atoms with Crippen molar-refractivity contribution >= 4 is 28.1 Å². The van der Waals surface area contributed by atoms with Crippen LogP contribution in [0.3, 0.4) is 0 Å². The van der Waals surface area contributed by atoms with Crippen molar-refractivity contribution in [2.24, 2.45) is 0 Å². The summed E-state index contributed by atoms with van der Waals surface area (Å²) in [5.74, 6) is -1.44. The summed E-state index contributed by atoms with van der Waals surface area (Å²) in [6.45, 7) is -0.607. The van der Waals surface area contributed by atoms with Crippen LogP contribution in [0.25, 0.3) is 10.8 Å². The second-order valence-corrected chi connectivity index (χ2v) is 6.24. The molecule has 0 amide bonds. The van der Waals surface area contributed by atoms with Gasteiger partial charge in [0.2, 0.25) is 0 Å². The third-order valence-electron chi connectivity index (χ3n) is 4.74. The van der Waals surface area contributed by atoms with Crippen molar-refractivity contribution in [3.05, 3.63) is 70.3 Å². The zero-order chi connectivity index (χ0) is 19.3. The molecule has 0 saturated carbocycles. The highest BCUT2D eigenvalue weighted by Gasteiger charge is 2.34. The number of hydrogen-bond acceptors (Lipinski definition) is 6. The second kappa shape index (κ2) is 6.03. The average molecular weight is 362 g/mol. The number of aliphatic hydroxyl groups excluding tert-OH is 1. The number of ether oxygens (including phenoxy) is 1. The first kappa shape index (κ1) is 16.9. The Morgan fingerprint density at radius 1 is 0.926 bits per heavy atom. The maximum atomic E-state index is 13.0. The van der Waals surface area contributed by atoms with E-state index in [1.807, 2.05) is 0 Å². The lowest BCUT2D eigenvalue weighted by Gasteiger charge is -2.21. The minimum absolute atomic E-state index is 0.0273. The fourth-order valence-electron chi connectivity index (χ4n) is 3.41. The Labute approximate surface area is 153 Å². The minimum atomic E-state index is -0.607. The van der Waals surface area contributed by atoms with E-state index in [1.54, 1.807) is 30.3 Å². The molecule has 1 aliphatic carbocycles. The summed E-state index contributed by atoms with van der Waals surface area (Å²) >= 11 is 0. The van der Waals surface area contributed by atoms with E-state index in [1.165, 1.54) is 19.2 Å². The third-order valence-corrected chi connectivity index (χ3v) is 4.74. The Kier molecular flexibility index (Phi) is 3.78. The number of aromatic hydroxyl groups is 1. The summed E-state index contributed by atoms with van der Waals surface area (Å²) in [5.41, 5.74) is 0.962. The van der Waals surface area contributed by atoms with Crippen molar-refractivity contribution < 1.29 is 29.3 Å². The Morgan fingerprint density at radius 2 is 1.63 bits per heavy atom. The van der Waals surface area contributed by atoms with Gasteiger partial charge in [0.1, 0.15) is 6.61 Å². The summed E-state index contributed by atoms with van der Waals surface area (Å²) in [5, 5.41) is 20.3. The number of carbonyl (C=O) groups is 3. The molecule has 0 bridgehead atoms. The lowest BCUT2D eigenvalue weighted by Crippen LogP contribution is -2.21. The van der Waals surface area contributed by atoms with Crippen molar-refractivity contribution in [3.8, 4) is 11.5 Å². The van der Waals surface area contributed by atoms with Crippen LogP contribution in [0.1, 0.15) is 42.2 Å². The van der Waals surface area contributed by atoms with Crippen molar-refractivity contribution in [2.45, 2.75) is 0 Å². The monoisotopic (exact) mass is 362 g/mol. The maximum absolute atomic E-state index is 13.0. The first-order valence-corrected chi connectivity index (χ1v) is 8.17. The molecule has 4 rings (SSSR count). The fourth-order valence-corrected chi connectivity index (χ4v) is 3.41. The number of ketones is 3. The highest BCUT2D eigenvalue weighted by Crippen LogP contribution is 2.39. The molecule has 1 aliphatic rings. The van der Waals surface area contributed by atoms with Crippen LogP contribution in [0.4, 0.5) is 0 Å². The number of aliphatic hydroxyl groups is 1. The van der Waals surface area contributed by atoms with Crippen LogP contribution in [0, 0.1) is 0 Å². The van der Waals surface area contributed by atoms with E-state index < -0.39 is 18.2 Å². The van der Waals surface area contributed by atoms with E-state index in [0.717, 1.165) is 0 Å². The van der Waals surface area contributed by atoms with Gasteiger partial charge in [0, 0.05) is 22.3 Å². The molecule has 0 fully saturated rings. The molecule has 3 aromatic rings. The van der Waals surface area contributed by atoms with Gasteiger partial charge in [0.05, 0.1) is 12.7 Å². The molecule has 27 heavy (non-hydrogen) atoms. The molecule has 0 spiro atoms. The zero-order valence-electron chi connectivity index (χ0n) is 14.3. The molecule has 6 nitrogen and oxygen atoms in total. The summed E-state index contributed by atoms with van der Waals surface area (Å²) < 4.78 is 5.13. The van der Waals surface area contributed by atoms with E-state index in [-0.39, 0.29) is 39.5 Å². The lowest BCUT2D eigenvalue weighted by atomic mass is 9.82. The largest absolute Gasteiger partial charge is 0.504 e. The number of methoxy groups -OCH3 is 1. The summed E-state index contributed by atoms with van der Waals surface area (Å²) in [6.07, 6.45) is 0. The molecule has 2 N–H and O–H groups in total. The Balaban J connectivity index is 1.96. The lowest BCUT2D eigenvalue weighted by molar-refractivity contribution is 0.0903. The van der Waals surface area contributed by atoms with Crippen LogP contribution >= 0.6 is 0 Å². The molecule has 0 atom stereocenters. The molecule has 0 aromatic heterocycles. The molecule has 0 unspecified atom stereocenters. The van der Waals surface area contributed by atoms with Crippen LogP contribution in [-0.4, -0.2) is 41.3 Å². The molecular weight excluding hydrogens is 348 g/mol. The quantitative estimate of drug-likeness (QED) is 0.543. The van der Waals surface area contributed by atoms with E-state index in [0.29, 0.717) is 16.3 Å². The molecule has 0 radical (unpaired) electrons. The van der Waals surface area contributed by atoms with Crippen molar-refractivity contribution in [2.75, 3.05) is 13.7 Å².